The number of ether oxygens (including phenoxy) is 1. The van der Waals surface area contributed by atoms with Gasteiger partial charge in [-0.2, -0.15) is 5.10 Å². The first kappa shape index (κ1) is 12.4. The van der Waals surface area contributed by atoms with Gasteiger partial charge in [-0.05, 0) is 6.42 Å². The van der Waals surface area contributed by atoms with Crippen molar-refractivity contribution in [1.82, 2.24) is 5.43 Å². The first-order valence-electron chi connectivity index (χ1n) is 4.27. The van der Waals surface area contributed by atoms with Crippen molar-refractivity contribution in [1.29, 1.82) is 0 Å². The predicted molar refractivity (Wildman–Crippen MR) is 51.7 cm³/mol. The molecule has 0 saturated carbocycles. The lowest BCUT2D eigenvalue weighted by molar-refractivity contribution is -0.139. The Labute approximate surface area is 82.5 Å². The normalized spacial score (nSPS) is 10.9. The molecule has 0 aliphatic carbocycles. The number of hydrazone groups is 1. The largest absolute Gasteiger partial charge is 0.469 e. The molecule has 0 aromatic heterocycles. The number of amides is 2. The van der Waals surface area contributed by atoms with Crippen LogP contribution in [0.25, 0.3) is 0 Å². The first-order chi connectivity index (χ1) is 6.60. The fourth-order valence-corrected chi connectivity index (χ4v) is 0.845. The van der Waals surface area contributed by atoms with Crippen LogP contribution in [0.2, 0.25) is 0 Å². The third kappa shape index (κ3) is 5.99. The summed E-state index contributed by atoms with van der Waals surface area (Å²) in [5.41, 5.74) is 7.46. The number of esters is 1. The maximum Gasteiger partial charge on any atom is 0.332 e. The molecule has 0 atom stereocenters. The summed E-state index contributed by atoms with van der Waals surface area (Å²) >= 11 is 0. The Morgan fingerprint density at radius 3 is 2.57 bits per heavy atom. The van der Waals surface area contributed by atoms with Gasteiger partial charge in [0.2, 0.25) is 0 Å². The fraction of sp³-hybridized carbons (Fsp3) is 0.625. The van der Waals surface area contributed by atoms with Crippen molar-refractivity contribution in [2.45, 2.75) is 26.2 Å². The van der Waals surface area contributed by atoms with Gasteiger partial charge in [-0.15, -0.1) is 0 Å². The number of hydrogen-bond acceptors (Lipinski definition) is 4. The molecular weight excluding hydrogens is 186 g/mol. The average Bonchev–Trinajstić information content (AvgIpc) is 2.14. The van der Waals surface area contributed by atoms with E-state index in [0.717, 1.165) is 6.42 Å². The summed E-state index contributed by atoms with van der Waals surface area (Å²) in [5, 5.41) is 3.69. The highest BCUT2D eigenvalue weighted by molar-refractivity contribution is 5.99. The van der Waals surface area contributed by atoms with E-state index in [2.05, 4.69) is 15.3 Å². The molecule has 2 amide bonds. The van der Waals surface area contributed by atoms with Crippen LogP contribution in [0.5, 0.6) is 0 Å². The number of hydrogen-bond donors (Lipinski definition) is 2. The van der Waals surface area contributed by atoms with E-state index in [0.29, 0.717) is 12.1 Å². The van der Waals surface area contributed by atoms with E-state index in [1.54, 1.807) is 0 Å². The van der Waals surface area contributed by atoms with Gasteiger partial charge in [0.05, 0.1) is 13.5 Å². The Kier molecular flexibility index (Phi) is 6.09. The summed E-state index contributed by atoms with van der Waals surface area (Å²) in [4.78, 5) is 21.2. The molecule has 6 heteroatoms. The van der Waals surface area contributed by atoms with Crippen LogP contribution in [0.3, 0.4) is 0 Å². The molecule has 0 heterocycles. The van der Waals surface area contributed by atoms with Crippen LogP contribution in [-0.4, -0.2) is 24.8 Å². The molecule has 0 aromatic rings. The fourth-order valence-electron chi connectivity index (χ4n) is 0.845. The van der Waals surface area contributed by atoms with Crippen LogP contribution in [0.4, 0.5) is 4.79 Å². The molecule has 14 heavy (non-hydrogen) atoms. The minimum Gasteiger partial charge on any atom is -0.469 e. The number of carbonyl (C=O) groups is 2. The maximum atomic E-state index is 10.9. The van der Waals surface area contributed by atoms with Crippen LogP contribution in [-0.2, 0) is 9.53 Å². The van der Waals surface area contributed by atoms with Gasteiger partial charge in [-0.25, -0.2) is 10.2 Å². The lowest BCUT2D eigenvalue weighted by atomic mass is 10.2. The van der Waals surface area contributed by atoms with E-state index in [4.69, 9.17) is 5.73 Å². The minimum atomic E-state index is -0.747. The van der Waals surface area contributed by atoms with Gasteiger partial charge in [-0.3, -0.25) is 4.79 Å². The highest BCUT2D eigenvalue weighted by Gasteiger charge is 2.07. The monoisotopic (exact) mass is 201 g/mol. The summed E-state index contributed by atoms with van der Waals surface area (Å²) < 4.78 is 4.47. The van der Waals surface area contributed by atoms with Crippen molar-refractivity contribution < 1.29 is 14.3 Å². The highest BCUT2D eigenvalue weighted by Crippen LogP contribution is 1.98. The summed E-state index contributed by atoms with van der Waals surface area (Å²) in [6.45, 7) is 1.94. The number of nitrogens with zero attached hydrogens (tertiary/aromatic N) is 1. The van der Waals surface area contributed by atoms with Crippen LogP contribution >= 0.6 is 0 Å². The van der Waals surface area contributed by atoms with E-state index in [-0.39, 0.29) is 12.4 Å². The van der Waals surface area contributed by atoms with E-state index in [9.17, 15) is 9.59 Å². The third-order valence-electron chi connectivity index (χ3n) is 1.44. The Morgan fingerprint density at radius 2 is 2.14 bits per heavy atom. The van der Waals surface area contributed by atoms with Crippen molar-refractivity contribution in [2.75, 3.05) is 7.11 Å². The Morgan fingerprint density at radius 1 is 1.50 bits per heavy atom. The van der Waals surface area contributed by atoms with Crippen molar-refractivity contribution in [2.24, 2.45) is 10.8 Å². The Balaban J connectivity index is 4.19. The van der Waals surface area contributed by atoms with Gasteiger partial charge in [0.15, 0.2) is 0 Å². The average molecular weight is 201 g/mol. The summed E-state index contributed by atoms with van der Waals surface area (Å²) in [6.07, 6.45) is 1.52. The van der Waals surface area contributed by atoms with Crippen molar-refractivity contribution in [3.8, 4) is 0 Å². The minimum absolute atomic E-state index is 0.0740. The Hall–Kier alpha value is -1.59. The summed E-state index contributed by atoms with van der Waals surface area (Å²) in [7, 11) is 1.30. The van der Waals surface area contributed by atoms with Gasteiger partial charge >= 0.3 is 12.0 Å². The molecule has 0 bridgehead atoms. The van der Waals surface area contributed by atoms with Crippen molar-refractivity contribution in [3.05, 3.63) is 0 Å². The molecule has 0 unspecified atom stereocenters. The smallest absolute Gasteiger partial charge is 0.332 e. The molecular formula is C8H15N3O3. The number of carbonyl (C=O) groups excluding carboxylic acids is 2. The lowest BCUT2D eigenvalue weighted by Crippen LogP contribution is -2.26. The van der Waals surface area contributed by atoms with Crippen LogP contribution in [0.1, 0.15) is 26.2 Å². The molecule has 0 spiro atoms. The molecule has 0 fully saturated rings. The molecule has 3 N–H and O–H groups in total. The number of nitrogens with one attached hydrogen (secondary N) is 1. The number of primary amides is 1. The van der Waals surface area contributed by atoms with Crippen LogP contribution < -0.4 is 11.2 Å². The quantitative estimate of drug-likeness (QED) is 0.382. The third-order valence-corrected chi connectivity index (χ3v) is 1.44. The number of methoxy groups -OCH3 is 1. The predicted octanol–water partition coefficient (Wildman–Crippen LogP) is 0.374. The lowest BCUT2D eigenvalue weighted by Gasteiger charge is -2.03. The van der Waals surface area contributed by atoms with E-state index in [1.807, 2.05) is 6.92 Å². The number of rotatable bonds is 5. The van der Waals surface area contributed by atoms with Gasteiger partial charge in [-0.1, -0.05) is 13.3 Å². The van der Waals surface area contributed by atoms with E-state index in [1.165, 1.54) is 7.11 Å². The zero-order valence-corrected chi connectivity index (χ0v) is 8.37. The first-order valence-corrected chi connectivity index (χ1v) is 4.27. The number of urea groups is 1. The van der Waals surface area contributed by atoms with Crippen LogP contribution in [0.15, 0.2) is 5.10 Å². The molecule has 80 valence electrons. The van der Waals surface area contributed by atoms with Gasteiger partial charge in [0, 0.05) is 5.71 Å². The van der Waals surface area contributed by atoms with E-state index >= 15 is 0 Å². The van der Waals surface area contributed by atoms with E-state index < -0.39 is 6.03 Å². The SMILES string of the molecule is CCC/C(CC(=O)OC)=N/NC(N)=O. The second-order valence-electron chi connectivity index (χ2n) is 2.66. The summed E-state index contributed by atoms with van der Waals surface area (Å²) in [6, 6.07) is -0.747. The van der Waals surface area contributed by atoms with Gasteiger partial charge in [0.1, 0.15) is 0 Å². The standard InChI is InChI=1S/C8H15N3O3/c1-3-4-6(5-7(12)14-2)10-11-8(9)13/h3-5H2,1-2H3,(H3,9,11,13)/b10-6-. The zero-order valence-electron chi connectivity index (χ0n) is 8.37. The second-order valence-corrected chi connectivity index (χ2v) is 2.66. The summed E-state index contributed by atoms with van der Waals surface area (Å²) in [5.74, 6) is -0.386. The molecule has 0 aliphatic heterocycles. The molecule has 6 nitrogen and oxygen atoms in total. The molecule has 0 aromatic carbocycles. The number of nitrogens with two attached hydrogens (primary N) is 1. The molecule has 0 rings (SSSR count). The molecule has 0 aliphatic rings. The van der Waals surface area contributed by atoms with Gasteiger partial charge < -0.3 is 10.5 Å². The molecule has 0 saturated heterocycles. The van der Waals surface area contributed by atoms with Gasteiger partial charge in [0.25, 0.3) is 0 Å². The molecule has 0 radical (unpaired) electrons. The second kappa shape index (κ2) is 6.88. The van der Waals surface area contributed by atoms with Crippen molar-refractivity contribution in [3.63, 3.8) is 0 Å². The van der Waals surface area contributed by atoms with Crippen molar-refractivity contribution >= 4 is 17.7 Å². The van der Waals surface area contributed by atoms with Crippen LogP contribution in [0, 0.1) is 0 Å². The maximum absolute atomic E-state index is 10.9. The Bertz CT molecular complexity index is 238. The highest BCUT2D eigenvalue weighted by atomic mass is 16.5. The topological polar surface area (TPSA) is 93.8 Å². The zero-order chi connectivity index (χ0) is 11.0.